The maximum Gasteiger partial charge on any atom is 0.308 e. The van der Waals surface area contributed by atoms with Crippen molar-refractivity contribution >= 4 is 39.5 Å². The summed E-state index contributed by atoms with van der Waals surface area (Å²) in [6, 6.07) is 17.4. The molecule has 1 aromatic carbocycles. The quantitative estimate of drug-likeness (QED) is 0.436. The molecule has 0 spiro atoms. The van der Waals surface area contributed by atoms with Crippen molar-refractivity contribution in [3.05, 3.63) is 81.8 Å². The fraction of sp³-hybridized carbons (Fsp3) is 0.136. The summed E-state index contributed by atoms with van der Waals surface area (Å²) in [5, 5.41) is 18.8. The highest BCUT2D eigenvalue weighted by molar-refractivity contribution is 7.16. The number of aromatic nitrogens is 1. The van der Waals surface area contributed by atoms with Crippen LogP contribution < -0.4 is 5.01 Å². The molecule has 1 aliphatic heterocycles. The number of furan rings is 1. The first-order valence-corrected chi connectivity index (χ1v) is 11.1. The Morgan fingerprint density at radius 1 is 1.17 bits per heavy atom. The number of aliphatic carboxylic acids is 1. The summed E-state index contributed by atoms with van der Waals surface area (Å²) in [7, 11) is 0. The van der Waals surface area contributed by atoms with Crippen LogP contribution >= 0.6 is 22.7 Å². The van der Waals surface area contributed by atoms with Gasteiger partial charge in [0.2, 0.25) is 5.13 Å². The van der Waals surface area contributed by atoms with Gasteiger partial charge in [0.15, 0.2) is 0 Å². The lowest BCUT2D eigenvalue weighted by Crippen LogP contribution is -2.17. The molecule has 4 aromatic rings. The molecule has 0 bridgehead atoms. The van der Waals surface area contributed by atoms with E-state index in [9.17, 15) is 9.90 Å². The third-order valence-electron chi connectivity index (χ3n) is 4.83. The second kappa shape index (κ2) is 7.89. The summed E-state index contributed by atoms with van der Waals surface area (Å²) in [5.41, 5.74) is 2.56. The van der Waals surface area contributed by atoms with Crippen molar-refractivity contribution in [1.29, 1.82) is 0 Å². The van der Waals surface area contributed by atoms with Crippen LogP contribution in [0.5, 0.6) is 0 Å². The van der Waals surface area contributed by atoms with Gasteiger partial charge in [-0.05, 0) is 23.6 Å². The van der Waals surface area contributed by atoms with Crippen LogP contribution in [0.25, 0.3) is 11.3 Å². The maximum absolute atomic E-state index is 11.5. The average molecular weight is 436 g/mol. The second-order valence-electron chi connectivity index (χ2n) is 6.81. The summed E-state index contributed by atoms with van der Waals surface area (Å²) in [6.07, 6.45) is 2.27. The molecule has 0 saturated carbocycles. The number of benzene rings is 1. The standard InChI is InChI=1S/C22H17N3O3S2/c26-20(27)13-19-21(14-6-2-1-3-7-14)23-22(30-19)25-16(17-8-4-10-28-17)12-15(24-25)18-9-5-11-29-18/h1-11,16H,12-13H2,(H,26,27). The van der Waals surface area contributed by atoms with E-state index < -0.39 is 5.97 Å². The number of hydrazone groups is 1. The highest BCUT2D eigenvalue weighted by atomic mass is 32.1. The average Bonchev–Trinajstić information content (AvgIpc) is 3.53. The molecule has 0 saturated heterocycles. The third-order valence-corrected chi connectivity index (χ3v) is 6.79. The third kappa shape index (κ3) is 3.55. The van der Waals surface area contributed by atoms with Crippen molar-refractivity contribution in [2.24, 2.45) is 5.10 Å². The minimum atomic E-state index is -0.880. The monoisotopic (exact) mass is 435 g/mol. The van der Waals surface area contributed by atoms with Gasteiger partial charge in [-0.15, -0.1) is 11.3 Å². The largest absolute Gasteiger partial charge is 0.481 e. The number of carboxylic acid groups (broad SMARTS) is 1. The number of carboxylic acids is 1. The van der Waals surface area contributed by atoms with Crippen molar-refractivity contribution in [3.8, 4) is 11.3 Å². The van der Waals surface area contributed by atoms with Crippen LogP contribution in [0, 0.1) is 0 Å². The second-order valence-corrected chi connectivity index (χ2v) is 8.82. The van der Waals surface area contributed by atoms with Crippen molar-refractivity contribution in [3.63, 3.8) is 0 Å². The van der Waals surface area contributed by atoms with Crippen molar-refractivity contribution < 1.29 is 14.3 Å². The lowest BCUT2D eigenvalue weighted by Gasteiger charge is -2.18. The highest BCUT2D eigenvalue weighted by Crippen LogP contribution is 2.42. The fourth-order valence-electron chi connectivity index (χ4n) is 3.50. The number of thiophene rings is 1. The number of carbonyl (C=O) groups is 1. The van der Waals surface area contributed by atoms with Crippen LogP contribution in [0.1, 0.15) is 28.0 Å². The minimum absolute atomic E-state index is 0.0807. The first-order valence-electron chi connectivity index (χ1n) is 9.40. The Morgan fingerprint density at radius 3 is 2.73 bits per heavy atom. The number of anilines is 1. The summed E-state index contributed by atoms with van der Waals surface area (Å²) < 4.78 is 5.69. The SMILES string of the molecule is O=C(O)Cc1sc(N2N=C(c3cccs3)CC2c2ccco2)nc1-c1ccccc1. The molecule has 3 aromatic heterocycles. The topological polar surface area (TPSA) is 78.9 Å². The van der Waals surface area contributed by atoms with E-state index in [2.05, 4.69) is 6.07 Å². The Labute approximate surface area is 180 Å². The number of hydrogen-bond acceptors (Lipinski definition) is 7. The molecule has 1 unspecified atom stereocenters. The molecule has 6 nitrogen and oxygen atoms in total. The number of thiazole rings is 1. The Hall–Kier alpha value is -3.23. The van der Waals surface area contributed by atoms with E-state index in [1.807, 2.05) is 58.9 Å². The van der Waals surface area contributed by atoms with Gasteiger partial charge in [0.1, 0.15) is 11.8 Å². The molecule has 30 heavy (non-hydrogen) atoms. The molecule has 1 aliphatic rings. The molecular weight excluding hydrogens is 418 g/mol. The van der Waals surface area contributed by atoms with Crippen molar-refractivity contribution in [1.82, 2.24) is 4.98 Å². The number of nitrogens with zero attached hydrogens (tertiary/aromatic N) is 3. The van der Waals surface area contributed by atoms with Crippen LogP contribution in [0.3, 0.4) is 0 Å². The van der Waals surface area contributed by atoms with Gasteiger partial charge in [-0.2, -0.15) is 5.10 Å². The molecule has 1 atom stereocenters. The van der Waals surface area contributed by atoms with Crippen LogP contribution in [0.15, 0.2) is 75.8 Å². The zero-order valence-corrected chi connectivity index (χ0v) is 17.4. The molecule has 4 heterocycles. The molecular formula is C22H17N3O3S2. The summed E-state index contributed by atoms with van der Waals surface area (Å²) in [4.78, 5) is 18.1. The molecule has 5 rings (SSSR count). The zero-order chi connectivity index (χ0) is 20.5. The van der Waals surface area contributed by atoms with Gasteiger partial charge in [-0.3, -0.25) is 4.79 Å². The van der Waals surface area contributed by atoms with Gasteiger partial charge >= 0.3 is 5.97 Å². The smallest absolute Gasteiger partial charge is 0.308 e. The number of rotatable bonds is 6. The van der Waals surface area contributed by atoms with Gasteiger partial charge in [-0.1, -0.05) is 47.7 Å². The van der Waals surface area contributed by atoms with Crippen LogP contribution in [0.4, 0.5) is 5.13 Å². The fourth-order valence-corrected chi connectivity index (χ4v) is 5.29. The summed E-state index contributed by atoms with van der Waals surface area (Å²) in [5.74, 6) is -0.0734. The van der Waals surface area contributed by atoms with E-state index in [-0.39, 0.29) is 12.5 Å². The summed E-state index contributed by atoms with van der Waals surface area (Å²) >= 11 is 3.02. The van der Waals surface area contributed by atoms with Gasteiger partial charge in [0.25, 0.3) is 0 Å². The highest BCUT2D eigenvalue weighted by Gasteiger charge is 2.34. The van der Waals surface area contributed by atoms with Gasteiger partial charge < -0.3 is 9.52 Å². The zero-order valence-electron chi connectivity index (χ0n) is 15.8. The lowest BCUT2D eigenvalue weighted by molar-refractivity contribution is -0.136. The van der Waals surface area contributed by atoms with E-state index >= 15 is 0 Å². The van der Waals surface area contributed by atoms with E-state index in [0.29, 0.717) is 22.1 Å². The molecule has 0 fully saturated rings. The van der Waals surface area contributed by atoms with E-state index in [4.69, 9.17) is 14.5 Å². The van der Waals surface area contributed by atoms with Gasteiger partial charge in [0.05, 0.1) is 29.0 Å². The van der Waals surface area contributed by atoms with Crippen molar-refractivity contribution in [2.75, 3.05) is 5.01 Å². The number of hydrogen-bond donors (Lipinski definition) is 1. The van der Waals surface area contributed by atoms with Gasteiger partial charge in [0, 0.05) is 16.9 Å². The maximum atomic E-state index is 11.5. The van der Waals surface area contributed by atoms with E-state index in [0.717, 1.165) is 21.9 Å². The van der Waals surface area contributed by atoms with Crippen LogP contribution in [0.2, 0.25) is 0 Å². The lowest BCUT2D eigenvalue weighted by atomic mass is 10.1. The molecule has 0 radical (unpaired) electrons. The molecule has 0 amide bonds. The Morgan fingerprint density at radius 2 is 2.03 bits per heavy atom. The Bertz CT molecular complexity index is 1180. The van der Waals surface area contributed by atoms with Crippen LogP contribution in [-0.2, 0) is 11.2 Å². The summed E-state index contributed by atoms with van der Waals surface area (Å²) in [6.45, 7) is 0. The first kappa shape index (κ1) is 18.8. The Kier molecular flexibility index (Phi) is 4.94. The minimum Gasteiger partial charge on any atom is -0.481 e. The first-order chi connectivity index (χ1) is 14.7. The molecule has 1 N–H and O–H groups in total. The predicted molar refractivity (Wildman–Crippen MR) is 118 cm³/mol. The molecule has 8 heteroatoms. The Balaban J connectivity index is 1.59. The van der Waals surface area contributed by atoms with Crippen LogP contribution in [-0.4, -0.2) is 21.8 Å². The van der Waals surface area contributed by atoms with E-state index in [1.165, 1.54) is 11.3 Å². The van der Waals surface area contributed by atoms with E-state index in [1.54, 1.807) is 17.6 Å². The molecule has 150 valence electrons. The normalized spacial score (nSPS) is 16.1. The van der Waals surface area contributed by atoms with Crippen molar-refractivity contribution in [2.45, 2.75) is 18.9 Å². The van der Waals surface area contributed by atoms with Gasteiger partial charge in [-0.25, -0.2) is 9.99 Å². The predicted octanol–water partition coefficient (Wildman–Crippen LogP) is 5.45. The molecule has 0 aliphatic carbocycles.